The summed E-state index contributed by atoms with van der Waals surface area (Å²) in [6.45, 7) is 3.38. The Hall–Kier alpha value is -3.00. The third-order valence-corrected chi connectivity index (χ3v) is 7.76. The lowest BCUT2D eigenvalue weighted by Crippen LogP contribution is -2.56. The van der Waals surface area contributed by atoms with E-state index in [0.717, 1.165) is 11.3 Å². The van der Waals surface area contributed by atoms with E-state index in [9.17, 15) is 18.8 Å². The fraction of sp³-hybridized carbons (Fsp3) is 0.423. The molecule has 1 atom stereocenters. The second-order valence-electron chi connectivity index (χ2n) is 8.89. The number of benzene rings is 1. The van der Waals surface area contributed by atoms with Gasteiger partial charge in [-0.3, -0.25) is 14.5 Å². The van der Waals surface area contributed by atoms with Gasteiger partial charge in [-0.2, -0.15) is 0 Å². The number of carbonyl (C=O) groups excluding carboxylic acids is 3. The van der Waals surface area contributed by atoms with E-state index in [4.69, 9.17) is 0 Å². The maximum absolute atomic E-state index is 13.8. The van der Waals surface area contributed by atoms with Crippen molar-refractivity contribution in [3.8, 4) is 0 Å². The Kier molecular flexibility index (Phi) is 7.46. The summed E-state index contributed by atoms with van der Waals surface area (Å²) in [6, 6.07) is 9.98. The van der Waals surface area contributed by atoms with Crippen LogP contribution in [0, 0.1) is 11.7 Å². The van der Waals surface area contributed by atoms with E-state index in [2.05, 4.69) is 5.32 Å². The first-order chi connectivity index (χ1) is 16.4. The first-order valence-electron chi connectivity index (χ1n) is 11.8. The van der Waals surface area contributed by atoms with Gasteiger partial charge in [0.15, 0.2) is 0 Å². The van der Waals surface area contributed by atoms with Crippen molar-refractivity contribution in [2.45, 2.75) is 44.6 Å². The molecule has 8 heteroatoms. The van der Waals surface area contributed by atoms with Crippen molar-refractivity contribution < 1.29 is 18.8 Å². The van der Waals surface area contributed by atoms with Crippen LogP contribution < -0.4 is 5.32 Å². The molecule has 2 aromatic rings. The lowest BCUT2D eigenvalue weighted by atomic mass is 9.74. The second-order valence-corrected chi connectivity index (χ2v) is 9.92. The van der Waals surface area contributed by atoms with Crippen LogP contribution in [0.1, 0.15) is 43.0 Å². The van der Waals surface area contributed by atoms with E-state index < -0.39 is 5.54 Å². The molecule has 0 bridgehead atoms. The Morgan fingerprint density at radius 3 is 2.65 bits per heavy atom. The van der Waals surface area contributed by atoms with Gasteiger partial charge in [0.05, 0.1) is 0 Å². The van der Waals surface area contributed by atoms with Crippen LogP contribution in [0.2, 0.25) is 0 Å². The lowest BCUT2D eigenvalue weighted by Gasteiger charge is -2.40. The van der Waals surface area contributed by atoms with E-state index in [1.54, 1.807) is 34.4 Å². The summed E-state index contributed by atoms with van der Waals surface area (Å²) in [5, 5.41) is 5.04. The van der Waals surface area contributed by atoms with Crippen LogP contribution in [-0.4, -0.2) is 52.8 Å². The molecule has 4 amide bonds. The highest BCUT2D eigenvalue weighted by molar-refractivity contribution is 7.09. The van der Waals surface area contributed by atoms with E-state index in [0.29, 0.717) is 50.9 Å². The lowest BCUT2D eigenvalue weighted by molar-refractivity contribution is -0.135. The molecular weight excluding hydrogens is 453 g/mol. The van der Waals surface area contributed by atoms with Gasteiger partial charge >= 0.3 is 6.03 Å². The summed E-state index contributed by atoms with van der Waals surface area (Å²) in [6.07, 6.45) is 6.16. The average molecular weight is 484 g/mol. The van der Waals surface area contributed by atoms with Crippen LogP contribution in [0.3, 0.4) is 0 Å². The monoisotopic (exact) mass is 483 g/mol. The minimum atomic E-state index is -0.903. The van der Waals surface area contributed by atoms with E-state index >= 15 is 0 Å². The van der Waals surface area contributed by atoms with E-state index in [1.165, 1.54) is 23.1 Å². The number of hydrogen-bond acceptors (Lipinski definition) is 4. The molecule has 2 aliphatic rings. The van der Waals surface area contributed by atoms with Crippen LogP contribution in [0.15, 0.2) is 47.9 Å². The molecule has 180 valence electrons. The number of thiophene rings is 1. The number of rotatable bonds is 8. The molecule has 1 N–H and O–H groups in total. The van der Waals surface area contributed by atoms with Crippen LogP contribution in [0.4, 0.5) is 9.18 Å². The quantitative estimate of drug-likeness (QED) is 0.445. The highest BCUT2D eigenvalue weighted by atomic mass is 32.1. The van der Waals surface area contributed by atoms with Crippen LogP contribution in [0.5, 0.6) is 0 Å². The van der Waals surface area contributed by atoms with Crippen LogP contribution >= 0.6 is 11.3 Å². The molecule has 2 saturated heterocycles. The van der Waals surface area contributed by atoms with Gasteiger partial charge in [0.25, 0.3) is 5.91 Å². The number of hydrogen-bond donors (Lipinski definition) is 1. The largest absolute Gasteiger partial charge is 0.339 e. The maximum Gasteiger partial charge on any atom is 0.325 e. The molecule has 3 heterocycles. The molecule has 6 nitrogen and oxygen atoms in total. The van der Waals surface area contributed by atoms with Crippen molar-refractivity contribution in [3.63, 3.8) is 0 Å². The smallest absolute Gasteiger partial charge is 0.325 e. The van der Waals surface area contributed by atoms with E-state index in [1.807, 2.05) is 24.4 Å². The van der Waals surface area contributed by atoms with Crippen molar-refractivity contribution in [3.05, 3.63) is 64.1 Å². The zero-order valence-electron chi connectivity index (χ0n) is 19.3. The van der Waals surface area contributed by atoms with Gasteiger partial charge in [0.1, 0.15) is 11.4 Å². The minimum absolute atomic E-state index is 0.0322. The number of imide groups is 1. The molecule has 4 rings (SSSR count). The number of piperidine rings is 1. The number of nitrogens with zero attached hydrogens (tertiary/aromatic N) is 2. The van der Waals surface area contributed by atoms with Gasteiger partial charge in [-0.25, -0.2) is 9.18 Å². The molecule has 0 saturated carbocycles. The van der Waals surface area contributed by atoms with Crippen molar-refractivity contribution in [1.82, 2.24) is 15.1 Å². The van der Waals surface area contributed by atoms with Crippen molar-refractivity contribution >= 4 is 35.3 Å². The highest BCUT2D eigenvalue weighted by Crippen LogP contribution is 2.37. The van der Waals surface area contributed by atoms with Gasteiger partial charge in [-0.05, 0) is 55.2 Å². The van der Waals surface area contributed by atoms with Gasteiger partial charge in [-0.1, -0.05) is 37.6 Å². The van der Waals surface area contributed by atoms with Crippen LogP contribution in [-0.2, 0) is 16.0 Å². The maximum atomic E-state index is 13.8. The van der Waals surface area contributed by atoms with Crippen molar-refractivity contribution in [2.75, 3.05) is 19.6 Å². The molecule has 2 fully saturated rings. The predicted molar refractivity (Wildman–Crippen MR) is 131 cm³/mol. The Bertz CT molecular complexity index is 1060. The molecule has 34 heavy (non-hydrogen) atoms. The topological polar surface area (TPSA) is 69.7 Å². The number of nitrogens with one attached hydrogen (secondary N) is 1. The Balaban J connectivity index is 1.40. The Labute approximate surface area is 203 Å². The van der Waals surface area contributed by atoms with Crippen LogP contribution in [0.25, 0.3) is 6.08 Å². The number of urea groups is 1. The zero-order valence-corrected chi connectivity index (χ0v) is 20.2. The van der Waals surface area contributed by atoms with E-state index in [-0.39, 0.29) is 29.6 Å². The van der Waals surface area contributed by atoms with Gasteiger partial charge in [0.2, 0.25) is 5.91 Å². The summed E-state index contributed by atoms with van der Waals surface area (Å²) in [4.78, 5) is 43.2. The summed E-state index contributed by atoms with van der Waals surface area (Å²) >= 11 is 1.62. The normalized spacial score (nSPS) is 21.5. The first kappa shape index (κ1) is 24.1. The number of carbonyl (C=O) groups is 3. The Morgan fingerprint density at radius 2 is 1.97 bits per heavy atom. The Morgan fingerprint density at radius 1 is 1.21 bits per heavy atom. The average Bonchev–Trinajstić information content (AvgIpc) is 3.44. The molecule has 1 aromatic carbocycles. The third kappa shape index (κ3) is 4.92. The third-order valence-electron chi connectivity index (χ3n) is 6.82. The van der Waals surface area contributed by atoms with Gasteiger partial charge < -0.3 is 10.2 Å². The SMILES string of the molecule is CCC[C@]1(C2CCN(C(=O)/C=C/c3ccccc3F)CC2)NC(=O)N(CCc2cccs2)C1=O. The second kappa shape index (κ2) is 10.5. The number of likely N-dealkylation sites (tertiary alicyclic amines) is 1. The fourth-order valence-corrected chi connectivity index (χ4v) is 5.74. The fourth-order valence-electron chi connectivity index (χ4n) is 5.04. The first-order valence-corrected chi connectivity index (χ1v) is 12.7. The predicted octanol–water partition coefficient (Wildman–Crippen LogP) is 4.47. The highest BCUT2D eigenvalue weighted by Gasteiger charge is 2.55. The number of halogens is 1. The van der Waals surface area contributed by atoms with Gasteiger partial charge in [-0.15, -0.1) is 11.3 Å². The molecule has 0 radical (unpaired) electrons. The summed E-state index contributed by atoms with van der Waals surface area (Å²) in [5.41, 5.74) is -0.533. The number of amides is 4. The molecular formula is C26H30FN3O3S. The zero-order chi connectivity index (χ0) is 24.1. The summed E-state index contributed by atoms with van der Waals surface area (Å²) < 4.78 is 13.8. The molecule has 2 aliphatic heterocycles. The molecule has 0 unspecified atom stereocenters. The van der Waals surface area contributed by atoms with Crippen molar-refractivity contribution in [2.24, 2.45) is 5.92 Å². The molecule has 0 spiro atoms. The molecule has 0 aliphatic carbocycles. The molecule has 1 aromatic heterocycles. The summed E-state index contributed by atoms with van der Waals surface area (Å²) in [7, 11) is 0. The van der Waals surface area contributed by atoms with Crippen molar-refractivity contribution in [1.29, 1.82) is 0 Å². The minimum Gasteiger partial charge on any atom is -0.339 e. The summed E-state index contributed by atoms with van der Waals surface area (Å²) in [5.74, 6) is -0.716. The van der Waals surface area contributed by atoms with Gasteiger partial charge in [0, 0.05) is 36.2 Å². The standard InChI is InChI=1S/C26H30FN3O3S/c1-2-14-26(24(32)30(25(33)28-26)17-13-21-7-5-18-34-21)20-11-15-29(16-12-20)23(31)10-9-19-6-3-4-8-22(19)27/h3-10,18,20H,2,11-17H2,1H3,(H,28,33)/b10-9+/t26-/m1/s1.